The predicted octanol–water partition coefficient (Wildman–Crippen LogP) is 2.16. The molecule has 0 spiro atoms. The van der Waals surface area contributed by atoms with Crippen molar-refractivity contribution in [1.82, 2.24) is 0 Å². The number of para-hydroxylation sites is 1. The van der Waals surface area contributed by atoms with Gasteiger partial charge in [0, 0.05) is 13.1 Å². The summed E-state index contributed by atoms with van der Waals surface area (Å²) in [6.07, 6.45) is 0. The van der Waals surface area contributed by atoms with Crippen molar-refractivity contribution in [3.63, 3.8) is 0 Å². The fraction of sp³-hybridized carbons (Fsp3) is 0.250. The van der Waals surface area contributed by atoms with E-state index in [-0.39, 0.29) is 0 Å². The molecule has 1 aliphatic heterocycles. The zero-order valence-electron chi connectivity index (χ0n) is 5.55. The largest absolute Gasteiger partial charge is 0.367 e. The predicted molar refractivity (Wildman–Crippen MR) is 43.7 cm³/mol. The van der Waals surface area contributed by atoms with Crippen LogP contribution in [0.3, 0.4) is 0 Å². The van der Waals surface area contributed by atoms with E-state index in [9.17, 15) is 0 Å². The first-order chi connectivity index (χ1) is 4.88. The van der Waals surface area contributed by atoms with Crippen molar-refractivity contribution in [3.8, 4) is 0 Å². The van der Waals surface area contributed by atoms with Crippen LogP contribution in [0.15, 0.2) is 24.3 Å². The summed E-state index contributed by atoms with van der Waals surface area (Å²) >= 11 is 5.92. The SMILES string of the molecule is Clc1ccccc1N1CC1. The Bertz CT molecular complexity index is 243. The molecule has 10 heavy (non-hydrogen) atoms. The van der Waals surface area contributed by atoms with E-state index in [2.05, 4.69) is 11.0 Å². The molecule has 1 aliphatic rings. The normalized spacial score (nSPS) is 15.5. The molecule has 52 valence electrons. The Morgan fingerprint density at radius 1 is 1.20 bits per heavy atom. The molecular formula is C8H8ClN. The highest BCUT2D eigenvalue weighted by molar-refractivity contribution is 6.33. The van der Waals surface area contributed by atoms with Crippen molar-refractivity contribution in [3.05, 3.63) is 29.3 Å². The zero-order chi connectivity index (χ0) is 6.97. The van der Waals surface area contributed by atoms with E-state index in [1.807, 2.05) is 18.2 Å². The molecule has 1 saturated heterocycles. The summed E-state index contributed by atoms with van der Waals surface area (Å²) < 4.78 is 0. The first-order valence-corrected chi connectivity index (χ1v) is 3.75. The summed E-state index contributed by atoms with van der Waals surface area (Å²) in [6.45, 7) is 2.31. The summed E-state index contributed by atoms with van der Waals surface area (Å²) in [7, 11) is 0. The van der Waals surface area contributed by atoms with Crippen molar-refractivity contribution in [2.24, 2.45) is 0 Å². The van der Waals surface area contributed by atoms with Gasteiger partial charge in [-0.15, -0.1) is 0 Å². The summed E-state index contributed by atoms with van der Waals surface area (Å²) in [6, 6.07) is 7.94. The fourth-order valence-electron chi connectivity index (χ4n) is 0.999. The number of benzene rings is 1. The van der Waals surface area contributed by atoms with Crippen LogP contribution < -0.4 is 4.90 Å². The van der Waals surface area contributed by atoms with Crippen molar-refractivity contribution < 1.29 is 0 Å². The number of rotatable bonds is 1. The van der Waals surface area contributed by atoms with Gasteiger partial charge in [-0.25, -0.2) is 0 Å². The van der Waals surface area contributed by atoms with E-state index in [1.165, 1.54) is 5.69 Å². The van der Waals surface area contributed by atoms with E-state index in [4.69, 9.17) is 11.6 Å². The molecule has 0 atom stereocenters. The van der Waals surface area contributed by atoms with Crippen molar-refractivity contribution in [1.29, 1.82) is 0 Å². The Kier molecular flexibility index (Phi) is 1.31. The van der Waals surface area contributed by atoms with Crippen molar-refractivity contribution in [2.45, 2.75) is 0 Å². The fourth-order valence-corrected chi connectivity index (χ4v) is 1.25. The van der Waals surface area contributed by atoms with Crippen LogP contribution in [0.1, 0.15) is 0 Å². The molecule has 0 bridgehead atoms. The van der Waals surface area contributed by atoms with E-state index >= 15 is 0 Å². The topological polar surface area (TPSA) is 3.01 Å². The van der Waals surface area contributed by atoms with Gasteiger partial charge in [0.25, 0.3) is 0 Å². The van der Waals surface area contributed by atoms with Gasteiger partial charge in [-0.3, -0.25) is 0 Å². The van der Waals surface area contributed by atoms with Gasteiger partial charge < -0.3 is 4.90 Å². The van der Waals surface area contributed by atoms with Crippen LogP contribution >= 0.6 is 11.6 Å². The van der Waals surface area contributed by atoms with Crippen LogP contribution in [0.5, 0.6) is 0 Å². The maximum absolute atomic E-state index is 5.92. The van der Waals surface area contributed by atoms with Crippen LogP contribution in [0.2, 0.25) is 5.02 Å². The molecule has 1 fully saturated rings. The number of hydrogen-bond acceptors (Lipinski definition) is 1. The summed E-state index contributed by atoms with van der Waals surface area (Å²) in [4.78, 5) is 2.24. The third-order valence-electron chi connectivity index (χ3n) is 1.64. The number of nitrogens with zero attached hydrogens (tertiary/aromatic N) is 1. The Morgan fingerprint density at radius 3 is 2.50 bits per heavy atom. The summed E-state index contributed by atoms with van der Waals surface area (Å²) in [5, 5.41) is 0.861. The number of anilines is 1. The lowest BCUT2D eigenvalue weighted by atomic mass is 10.3. The average molecular weight is 154 g/mol. The molecule has 0 amide bonds. The molecule has 1 aromatic rings. The van der Waals surface area contributed by atoms with Gasteiger partial charge in [0.15, 0.2) is 0 Å². The first kappa shape index (κ1) is 6.05. The minimum Gasteiger partial charge on any atom is -0.367 e. The van der Waals surface area contributed by atoms with E-state index < -0.39 is 0 Å². The maximum Gasteiger partial charge on any atom is 0.0639 e. The van der Waals surface area contributed by atoms with E-state index in [0.717, 1.165) is 18.1 Å². The second-order valence-electron chi connectivity index (χ2n) is 2.44. The molecule has 0 unspecified atom stereocenters. The number of hydrogen-bond donors (Lipinski definition) is 0. The van der Waals surface area contributed by atoms with Gasteiger partial charge in [-0.1, -0.05) is 23.7 Å². The maximum atomic E-state index is 5.92. The highest BCUT2D eigenvalue weighted by Gasteiger charge is 2.19. The van der Waals surface area contributed by atoms with Crippen LogP contribution in [0, 0.1) is 0 Å². The Morgan fingerprint density at radius 2 is 1.90 bits per heavy atom. The van der Waals surface area contributed by atoms with Crippen LogP contribution in [0.25, 0.3) is 0 Å². The Balaban J connectivity index is 2.39. The second kappa shape index (κ2) is 2.17. The molecular weight excluding hydrogens is 146 g/mol. The van der Waals surface area contributed by atoms with Gasteiger partial charge in [-0.2, -0.15) is 0 Å². The minimum absolute atomic E-state index is 0.861. The molecule has 1 nitrogen and oxygen atoms in total. The number of halogens is 1. The zero-order valence-corrected chi connectivity index (χ0v) is 6.30. The van der Waals surface area contributed by atoms with Gasteiger partial charge >= 0.3 is 0 Å². The molecule has 0 aromatic heterocycles. The molecule has 0 saturated carbocycles. The smallest absolute Gasteiger partial charge is 0.0639 e. The molecule has 0 aliphatic carbocycles. The minimum atomic E-state index is 0.861. The third kappa shape index (κ3) is 0.971. The standard InChI is InChI=1S/C8H8ClN/c9-7-3-1-2-4-8(7)10-5-6-10/h1-4H,5-6H2. The average Bonchev–Trinajstić information content (AvgIpc) is 2.71. The van der Waals surface area contributed by atoms with Crippen LogP contribution in [-0.2, 0) is 0 Å². The molecule has 1 aromatic carbocycles. The van der Waals surface area contributed by atoms with Gasteiger partial charge in [0.05, 0.1) is 10.7 Å². The lowest BCUT2D eigenvalue weighted by Crippen LogP contribution is -1.89. The summed E-state index contributed by atoms with van der Waals surface area (Å²) in [5.41, 5.74) is 1.17. The molecule has 2 heteroatoms. The van der Waals surface area contributed by atoms with E-state index in [0.29, 0.717) is 0 Å². The Labute approximate surface area is 65.2 Å². The quantitative estimate of drug-likeness (QED) is 0.559. The van der Waals surface area contributed by atoms with Crippen molar-refractivity contribution >= 4 is 17.3 Å². The second-order valence-corrected chi connectivity index (χ2v) is 2.85. The summed E-state index contributed by atoms with van der Waals surface area (Å²) in [5.74, 6) is 0. The van der Waals surface area contributed by atoms with Gasteiger partial charge in [0.2, 0.25) is 0 Å². The van der Waals surface area contributed by atoms with Crippen LogP contribution in [-0.4, -0.2) is 13.1 Å². The van der Waals surface area contributed by atoms with Gasteiger partial charge in [0.1, 0.15) is 0 Å². The van der Waals surface area contributed by atoms with Gasteiger partial charge in [-0.05, 0) is 12.1 Å². The van der Waals surface area contributed by atoms with Crippen molar-refractivity contribution in [2.75, 3.05) is 18.0 Å². The van der Waals surface area contributed by atoms with Crippen LogP contribution in [0.4, 0.5) is 5.69 Å². The molecule has 0 radical (unpaired) electrons. The monoisotopic (exact) mass is 153 g/mol. The van der Waals surface area contributed by atoms with E-state index in [1.54, 1.807) is 0 Å². The highest BCUT2D eigenvalue weighted by atomic mass is 35.5. The Hall–Kier alpha value is -0.690. The lowest BCUT2D eigenvalue weighted by molar-refractivity contribution is 1.40. The molecule has 1 heterocycles. The molecule has 0 N–H and O–H groups in total. The highest BCUT2D eigenvalue weighted by Crippen LogP contribution is 2.28. The third-order valence-corrected chi connectivity index (χ3v) is 1.96. The lowest BCUT2D eigenvalue weighted by Gasteiger charge is -2.02. The molecule has 2 rings (SSSR count). The first-order valence-electron chi connectivity index (χ1n) is 3.37.